The molecule has 0 fully saturated rings. The maximum atomic E-state index is 11.9. The maximum absolute atomic E-state index is 11.9. The molecule has 3 aromatic rings. The highest BCUT2D eigenvalue weighted by atomic mass is 16.6. The molecular formula is C17H16N4O4. The van der Waals surface area contributed by atoms with E-state index in [1.54, 1.807) is 45.4 Å². The normalized spacial score (nSPS) is 11.3. The molecule has 1 amide bonds. The van der Waals surface area contributed by atoms with Gasteiger partial charge in [-0.1, -0.05) is 0 Å². The van der Waals surface area contributed by atoms with Crippen LogP contribution in [-0.4, -0.2) is 32.9 Å². The van der Waals surface area contributed by atoms with Crippen LogP contribution in [0.3, 0.4) is 0 Å². The molecule has 0 saturated carbocycles. The van der Waals surface area contributed by atoms with Crippen LogP contribution in [0, 0.1) is 0 Å². The molecule has 25 heavy (non-hydrogen) atoms. The van der Waals surface area contributed by atoms with Crippen LogP contribution in [0.5, 0.6) is 0 Å². The third-order valence-electron chi connectivity index (χ3n) is 3.19. The third-order valence-corrected chi connectivity index (χ3v) is 3.19. The van der Waals surface area contributed by atoms with Gasteiger partial charge in [0.2, 0.25) is 5.88 Å². The van der Waals surface area contributed by atoms with Crippen LogP contribution in [0.15, 0.2) is 35.4 Å². The number of rotatable bonds is 3. The van der Waals surface area contributed by atoms with E-state index in [4.69, 9.17) is 9.15 Å². The zero-order valence-electron chi connectivity index (χ0n) is 13.9. The van der Waals surface area contributed by atoms with E-state index in [1.165, 1.54) is 6.33 Å². The van der Waals surface area contributed by atoms with E-state index in [1.807, 2.05) is 0 Å². The number of aromatic nitrogens is 3. The van der Waals surface area contributed by atoms with Gasteiger partial charge in [-0.05, 0) is 26.8 Å². The summed E-state index contributed by atoms with van der Waals surface area (Å²) in [5, 5.41) is 2.44. The Morgan fingerprint density at radius 2 is 1.92 bits per heavy atom. The number of nitrogens with zero attached hydrogens (tertiary/aromatic N) is 3. The number of ether oxygens (including phenoxy) is 1. The number of furan rings is 1. The number of carbonyl (C=O) groups is 2. The van der Waals surface area contributed by atoms with Crippen LogP contribution in [-0.2, 0) is 4.74 Å². The summed E-state index contributed by atoms with van der Waals surface area (Å²) >= 11 is 0. The number of aldehydes is 1. The molecule has 0 bridgehead atoms. The van der Waals surface area contributed by atoms with Gasteiger partial charge in [-0.25, -0.2) is 14.8 Å². The van der Waals surface area contributed by atoms with Crippen molar-refractivity contribution in [2.45, 2.75) is 26.4 Å². The fourth-order valence-corrected chi connectivity index (χ4v) is 2.20. The Balaban J connectivity index is 1.97. The molecule has 8 heteroatoms. The molecule has 0 aliphatic carbocycles. The van der Waals surface area contributed by atoms with Crippen LogP contribution >= 0.6 is 0 Å². The van der Waals surface area contributed by atoms with Crippen molar-refractivity contribution in [1.82, 2.24) is 15.0 Å². The van der Waals surface area contributed by atoms with Crippen LogP contribution in [0.2, 0.25) is 0 Å². The highest BCUT2D eigenvalue weighted by Crippen LogP contribution is 2.30. The molecule has 0 radical (unpaired) electrons. The number of nitrogens with one attached hydrogen (secondary N) is 1. The molecule has 8 nitrogen and oxygen atoms in total. The number of pyridine rings is 1. The number of hydrogen-bond donors (Lipinski definition) is 1. The second-order valence-electron chi connectivity index (χ2n) is 6.29. The van der Waals surface area contributed by atoms with E-state index < -0.39 is 11.7 Å². The first kappa shape index (κ1) is 16.6. The second-order valence-corrected chi connectivity index (χ2v) is 6.29. The Bertz CT molecular complexity index is 929. The van der Waals surface area contributed by atoms with Crippen molar-refractivity contribution in [3.05, 3.63) is 36.5 Å². The van der Waals surface area contributed by atoms with Crippen molar-refractivity contribution in [2.24, 2.45) is 0 Å². The molecule has 1 N–H and O–H groups in total. The third kappa shape index (κ3) is 3.63. The molecule has 0 aromatic carbocycles. The summed E-state index contributed by atoms with van der Waals surface area (Å²) in [5.74, 6) is -0.00629. The van der Waals surface area contributed by atoms with Gasteiger partial charge in [0.15, 0.2) is 11.9 Å². The molecule has 0 aliphatic rings. The van der Waals surface area contributed by atoms with Gasteiger partial charge >= 0.3 is 6.09 Å². The van der Waals surface area contributed by atoms with Crippen molar-refractivity contribution < 1.29 is 18.7 Å². The number of fused-ring (bicyclic) bond motifs is 1. The summed E-state index contributed by atoms with van der Waals surface area (Å²) in [6, 6.07) is 1.70. The molecule has 0 saturated heterocycles. The van der Waals surface area contributed by atoms with Gasteiger partial charge < -0.3 is 9.15 Å². The SMILES string of the molecule is CC(C)(C)OC(=O)Nc1oc2cc(-c3cncnc3)cnc2c1C=O. The van der Waals surface area contributed by atoms with Crippen LogP contribution in [0.4, 0.5) is 10.7 Å². The Kier molecular flexibility index (Phi) is 4.18. The molecule has 3 rings (SSSR count). The predicted octanol–water partition coefficient (Wildman–Crippen LogP) is 3.44. The quantitative estimate of drug-likeness (QED) is 0.728. The summed E-state index contributed by atoms with van der Waals surface area (Å²) < 4.78 is 10.8. The molecule has 0 unspecified atom stereocenters. The molecule has 128 valence electrons. The van der Waals surface area contributed by atoms with Crippen LogP contribution in [0.1, 0.15) is 31.1 Å². The summed E-state index contributed by atoms with van der Waals surface area (Å²) in [5.41, 5.74) is 1.66. The van der Waals surface area contributed by atoms with Crippen LogP contribution < -0.4 is 5.32 Å². The Morgan fingerprint density at radius 3 is 2.56 bits per heavy atom. The number of amides is 1. The van der Waals surface area contributed by atoms with Gasteiger partial charge in [-0.15, -0.1) is 0 Å². The van der Waals surface area contributed by atoms with Gasteiger partial charge in [0.25, 0.3) is 0 Å². The lowest BCUT2D eigenvalue weighted by molar-refractivity contribution is 0.0633. The van der Waals surface area contributed by atoms with Crippen molar-refractivity contribution in [3.8, 4) is 11.1 Å². The standard InChI is InChI=1S/C17H16N4O4/c1-17(2,3)25-16(23)21-15-12(8-22)14-13(24-15)4-10(7-20-14)11-5-18-9-19-6-11/h4-9H,1-3H3,(H,21,23). The number of carbonyl (C=O) groups excluding carboxylic acids is 2. The largest absolute Gasteiger partial charge is 0.444 e. The minimum atomic E-state index is -0.716. The van der Waals surface area contributed by atoms with E-state index in [9.17, 15) is 9.59 Å². The van der Waals surface area contributed by atoms with E-state index in [0.717, 1.165) is 11.1 Å². The van der Waals surface area contributed by atoms with Gasteiger partial charge in [0.1, 0.15) is 23.0 Å². The molecule has 3 aromatic heterocycles. The zero-order valence-corrected chi connectivity index (χ0v) is 13.9. The first-order chi connectivity index (χ1) is 11.9. The molecule has 0 spiro atoms. The fourth-order valence-electron chi connectivity index (χ4n) is 2.20. The summed E-state index contributed by atoms with van der Waals surface area (Å²) in [6.07, 6.45) is 6.15. The molecule has 0 atom stereocenters. The van der Waals surface area contributed by atoms with Crippen molar-refractivity contribution in [1.29, 1.82) is 0 Å². The average molecular weight is 340 g/mol. The first-order valence-electron chi connectivity index (χ1n) is 7.50. The highest BCUT2D eigenvalue weighted by molar-refractivity contribution is 6.03. The molecular weight excluding hydrogens is 324 g/mol. The smallest absolute Gasteiger partial charge is 0.414 e. The zero-order chi connectivity index (χ0) is 18.0. The average Bonchev–Trinajstić information content (AvgIpc) is 2.89. The number of anilines is 1. The summed E-state index contributed by atoms with van der Waals surface area (Å²) in [4.78, 5) is 35.5. The van der Waals surface area contributed by atoms with Gasteiger partial charge in [-0.2, -0.15) is 0 Å². The lowest BCUT2D eigenvalue weighted by Crippen LogP contribution is -2.27. The van der Waals surface area contributed by atoms with E-state index in [0.29, 0.717) is 17.4 Å². The Labute approximate surface area is 143 Å². The second kappa shape index (κ2) is 6.31. The number of hydrogen-bond acceptors (Lipinski definition) is 7. The highest BCUT2D eigenvalue weighted by Gasteiger charge is 2.21. The fraction of sp³-hybridized carbons (Fsp3) is 0.235. The van der Waals surface area contributed by atoms with Gasteiger partial charge in [0, 0.05) is 29.7 Å². The lowest BCUT2D eigenvalue weighted by Gasteiger charge is -2.19. The van der Waals surface area contributed by atoms with Crippen molar-refractivity contribution >= 4 is 29.4 Å². The lowest BCUT2D eigenvalue weighted by atomic mass is 10.1. The Hall–Kier alpha value is -3.29. The first-order valence-corrected chi connectivity index (χ1v) is 7.50. The van der Waals surface area contributed by atoms with Crippen molar-refractivity contribution in [3.63, 3.8) is 0 Å². The minimum absolute atomic E-state index is 0.00629. The predicted molar refractivity (Wildman–Crippen MR) is 90.3 cm³/mol. The molecule has 3 heterocycles. The molecule has 0 aliphatic heterocycles. The van der Waals surface area contributed by atoms with Gasteiger partial charge in [-0.3, -0.25) is 15.1 Å². The van der Waals surface area contributed by atoms with Gasteiger partial charge in [0.05, 0.1) is 0 Å². The van der Waals surface area contributed by atoms with Crippen LogP contribution in [0.25, 0.3) is 22.2 Å². The van der Waals surface area contributed by atoms with Crippen molar-refractivity contribution in [2.75, 3.05) is 5.32 Å². The summed E-state index contributed by atoms with van der Waals surface area (Å²) in [7, 11) is 0. The topological polar surface area (TPSA) is 107 Å². The van der Waals surface area contributed by atoms with E-state index >= 15 is 0 Å². The minimum Gasteiger partial charge on any atom is -0.444 e. The summed E-state index contributed by atoms with van der Waals surface area (Å²) in [6.45, 7) is 5.21. The Morgan fingerprint density at radius 1 is 1.20 bits per heavy atom. The monoisotopic (exact) mass is 340 g/mol. The maximum Gasteiger partial charge on any atom is 0.414 e. The van der Waals surface area contributed by atoms with E-state index in [-0.39, 0.29) is 11.4 Å². The van der Waals surface area contributed by atoms with E-state index in [2.05, 4.69) is 20.3 Å².